The summed E-state index contributed by atoms with van der Waals surface area (Å²) in [7, 11) is 0. The number of nitrogens with zero attached hydrogens (tertiary/aromatic N) is 2. The summed E-state index contributed by atoms with van der Waals surface area (Å²) in [6.45, 7) is 0.0916. The first kappa shape index (κ1) is 15.5. The summed E-state index contributed by atoms with van der Waals surface area (Å²) in [5, 5.41) is 10.7. The van der Waals surface area contributed by atoms with E-state index in [4.69, 9.17) is 25.5 Å². The molecular weight excluding hydrogens is 346 g/mol. The third kappa shape index (κ3) is 3.14. The molecule has 0 aliphatic carbocycles. The van der Waals surface area contributed by atoms with Crippen LogP contribution in [0.15, 0.2) is 52.9 Å². The molecule has 25 heavy (non-hydrogen) atoms. The maximum atomic E-state index is 12.3. The van der Waals surface area contributed by atoms with Gasteiger partial charge in [-0.2, -0.15) is 0 Å². The van der Waals surface area contributed by atoms with Crippen molar-refractivity contribution in [3.8, 4) is 23.0 Å². The van der Waals surface area contributed by atoms with E-state index in [1.54, 1.807) is 42.5 Å². The molecule has 2 aromatic carbocycles. The lowest BCUT2D eigenvalue weighted by atomic mass is 10.2. The highest BCUT2D eigenvalue weighted by Gasteiger charge is 2.28. The number of benzene rings is 2. The molecule has 7 nitrogen and oxygen atoms in total. The molecule has 0 radical (unpaired) electrons. The molecule has 0 saturated heterocycles. The maximum absolute atomic E-state index is 12.3. The van der Waals surface area contributed by atoms with Crippen molar-refractivity contribution < 1.29 is 18.7 Å². The van der Waals surface area contributed by atoms with E-state index in [9.17, 15) is 4.79 Å². The van der Waals surface area contributed by atoms with Crippen LogP contribution in [0.3, 0.4) is 0 Å². The monoisotopic (exact) mass is 357 g/mol. The van der Waals surface area contributed by atoms with E-state index >= 15 is 0 Å². The van der Waals surface area contributed by atoms with Gasteiger partial charge in [-0.1, -0.05) is 41.0 Å². The number of anilines is 1. The van der Waals surface area contributed by atoms with Gasteiger partial charge in [0.25, 0.3) is 11.8 Å². The molecule has 1 N–H and O–H groups in total. The van der Waals surface area contributed by atoms with E-state index < -0.39 is 12.0 Å². The van der Waals surface area contributed by atoms with E-state index in [2.05, 4.69) is 15.5 Å². The number of rotatable bonds is 3. The number of aromatic nitrogens is 2. The largest absolute Gasteiger partial charge is 0.485 e. The Morgan fingerprint density at radius 3 is 2.68 bits per heavy atom. The van der Waals surface area contributed by atoms with E-state index in [0.29, 0.717) is 22.1 Å². The molecule has 0 saturated carbocycles. The summed E-state index contributed by atoms with van der Waals surface area (Å²) < 4.78 is 16.6. The minimum absolute atomic E-state index is 0.0395. The number of carbonyl (C=O) groups excluding carboxylic acids is 1. The Kier molecular flexibility index (Phi) is 3.99. The predicted octanol–water partition coefficient (Wildman–Crippen LogP) is 3.17. The Labute approximate surface area is 147 Å². The van der Waals surface area contributed by atoms with Crippen LogP contribution in [0, 0.1) is 0 Å². The second kappa shape index (κ2) is 6.45. The van der Waals surface area contributed by atoms with Gasteiger partial charge in [0.1, 0.15) is 6.61 Å². The average molecular weight is 358 g/mol. The quantitative estimate of drug-likeness (QED) is 0.774. The van der Waals surface area contributed by atoms with Gasteiger partial charge in [-0.3, -0.25) is 10.1 Å². The second-order valence-corrected chi connectivity index (χ2v) is 5.65. The summed E-state index contributed by atoms with van der Waals surface area (Å²) in [5.74, 6) is 0.887. The van der Waals surface area contributed by atoms with Crippen LogP contribution in [0.1, 0.15) is 0 Å². The number of hydrogen-bond acceptors (Lipinski definition) is 6. The molecule has 0 bridgehead atoms. The first-order valence-electron chi connectivity index (χ1n) is 7.48. The van der Waals surface area contributed by atoms with Crippen molar-refractivity contribution in [1.82, 2.24) is 10.2 Å². The van der Waals surface area contributed by atoms with Crippen molar-refractivity contribution in [3.05, 3.63) is 53.6 Å². The Balaban J connectivity index is 1.47. The number of para-hydroxylation sites is 2. The van der Waals surface area contributed by atoms with E-state index in [0.717, 1.165) is 0 Å². The van der Waals surface area contributed by atoms with Crippen LogP contribution in [0.5, 0.6) is 11.5 Å². The number of hydrogen-bond donors (Lipinski definition) is 1. The zero-order valence-electron chi connectivity index (χ0n) is 12.8. The van der Waals surface area contributed by atoms with Crippen molar-refractivity contribution in [1.29, 1.82) is 0 Å². The van der Waals surface area contributed by atoms with Gasteiger partial charge in [-0.25, -0.2) is 0 Å². The summed E-state index contributed by atoms with van der Waals surface area (Å²) >= 11 is 6.09. The fourth-order valence-corrected chi connectivity index (χ4v) is 2.57. The Morgan fingerprint density at radius 1 is 1.08 bits per heavy atom. The van der Waals surface area contributed by atoms with Gasteiger partial charge >= 0.3 is 6.01 Å². The normalized spacial score (nSPS) is 15.6. The zero-order chi connectivity index (χ0) is 17.2. The summed E-state index contributed by atoms with van der Waals surface area (Å²) in [6.07, 6.45) is -0.814. The van der Waals surface area contributed by atoms with Crippen molar-refractivity contribution in [2.24, 2.45) is 0 Å². The third-order valence-electron chi connectivity index (χ3n) is 3.56. The first-order chi connectivity index (χ1) is 12.2. The molecule has 1 atom stereocenters. The van der Waals surface area contributed by atoms with Crippen LogP contribution in [0.4, 0.5) is 6.01 Å². The summed E-state index contributed by atoms with van der Waals surface area (Å²) in [4.78, 5) is 12.3. The highest BCUT2D eigenvalue weighted by Crippen LogP contribution is 2.31. The Bertz CT molecular complexity index is 928. The number of ether oxygens (including phenoxy) is 2. The van der Waals surface area contributed by atoms with Crippen molar-refractivity contribution in [2.45, 2.75) is 6.10 Å². The molecule has 0 fully saturated rings. The number of fused-ring (bicyclic) bond motifs is 1. The van der Waals surface area contributed by atoms with Gasteiger partial charge in [0.2, 0.25) is 6.10 Å². The number of nitrogens with one attached hydrogen (secondary N) is 1. The molecule has 3 aromatic rings. The lowest BCUT2D eigenvalue weighted by Crippen LogP contribution is -2.40. The van der Waals surface area contributed by atoms with Crippen LogP contribution in [0.25, 0.3) is 11.5 Å². The summed E-state index contributed by atoms with van der Waals surface area (Å²) in [6, 6.07) is 14.2. The third-order valence-corrected chi connectivity index (χ3v) is 3.89. The van der Waals surface area contributed by atoms with Crippen LogP contribution < -0.4 is 14.8 Å². The molecule has 0 spiro atoms. The smallest absolute Gasteiger partial charge is 0.322 e. The molecular formula is C17H12ClN3O4. The zero-order valence-corrected chi connectivity index (χ0v) is 13.6. The second-order valence-electron chi connectivity index (χ2n) is 5.25. The van der Waals surface area contributed by atoms with Crippen LogP contribution in [-0.4, -0.2) is 28.8 Å². The standard InChI is InChI=1S/C17H12ClN3O4/c18-11-6-2-1-5-10(11)16-20-21-17(25-16)19-15(22)14-9-23-12-7-3-4-8-13(12)24-14/h1-8,14H,9H2,(H,19,21,22). The molecule has 1 aliphatic rings. The van der Waals surface area contributed by atoms with Gasteiger partial charge in [-0.15, -0.1) is 5.10 Å². The molecule has 2 heterocycles. The molecule has 1 aromatic heterocycles. The molecule has 1 unspecified atom stereocenters. The lowest BCUT2D eigenvalue weighted by molar-refractivity contribution is -0.125. The van der Waals surface area contributed by atoms with Gasteiger partial charge in [0.05, 0.1) is 10.6 Å². The molecule has 1 amide bonds. The van der Waals surface area contributed by atoms with Crippen LogP contribution in [-0.2, 0) is 4.79 Å². The fourth-order valence-electron chi connectivity index (χ4n) is 2.35. The predicted molar refractivity (Wildman–Crippen MR) is 89.7 cm³/mol. The minimum Gasteiger partial charge on any atom is -0.485 e. The van der Waals surface area contributed by atoms with Crippen molar-refractivity contribution in [2.75, 3.05) is 11.9 Å². The van der Waals surface area contributed by atoms with Crippen molar-refractivity contribution >= 4 is 23.5 Å². The number of amides is 1. The van der Waals surface area contributed by atoms with E-state index in [1.807, 2.05) is 6.07 Å². The molecule has 126 valence electrons. The average Bonchev–Trinajstić information content (AvgIpc) is 3.10. The highest BCUT2D eigenvalue weighted by atomic mass is 35.5. The van der Waals surface area contributed by atoms with Gasteiger partial charge in [-0.05, 0) is 24.3 Å². The summed E-state index contributed by atoms with van der Waals surface area (Å²) in [5.41, 5.74) is 0.586. The molecule has 4 rings (SSSR count). The van der Waals surface area contributed by atoms with Crippen molar-refractivity contribution in [3.63, 3.8) is 0 Å². The van der Waals surface area contributed by atoms with Crippen LogP contribution >= 0.6 is 11.6 Å². The van der Waals surface area contributed by atoms with Gasteiger partial charge < -0.3 is 13.9 Å². The molecule has 8 heteroatoms. The van der Waals surface area contributed by atoms with Gasteiger partial charge in [0.15, 0.2) is 11.5 Å². The Morgan fingerprint density at radius 2 is 1.84 bits per heavy atom. The fraction of sp³-hybridized carbons (Fsp3) is 0.118. The van der Waals surface area contributed by atoms with E-state index in [-0.39, 0.29) is 18.5 Å². The minimum atomic E-state index is -0.814. The number of halogens is 1. The lowest BCUT2D eigenvalue weighted by Gasteiger charge is -2.24. The SMILES string of the molecule is O=C(Nc1nnc(-c2ccccc2Cl)o1)C1COc2ccccc2O1. The number of carbonyl (C=O) groups is 1. The maximum Gasteiger partial charge on any atom is 0.322 e. The molecule has 1 aliphatic heterocycles. The van der Waals surface area contributed by atoms with E-state index in [1.165, 1.54) is 0 Å². The topological polar surface area (TPSA) is 86.5 Å². The van der Waals surface area contributed by atoms with Crippen LogP contribution in [0.2, 0.25) is 5.02 Å². The van der Waals surface area contributed by atoms with Gasteiger partial charge in [0, 0.05) is 0 Å². The first-order valence-corrected chi connectivity index (χ1v) is 7.86. The highest BCUT2D eigenvalue weighted by molar-refractivity contribution is 6.33. The Hall–Kier alpha value is -3.06.